The van der Waals surface area contributed by atoms with Crippen LogP contribution in [0.15, 0.2) is 46.7 Å². The van der Waals surface area contributed by atoms with Crippen molar-refractivity contribution in [3.8, 4) is 11.3 Å². The van der Waals surface area contributed by atoms with E-state index in [2.05, 4.69) is 4.98 Å². The number of benzene rings is 2. The van der Waals surface area contributed by atoms with Gasteiger partial charge in [0.05, 0.1) is 25.7 Å². The highest BCUT2D eigenvalue weighted by atomic mass is 35.5. The van der Waals surface area contributed by atoms with Crippen molar-refractivity contribution < 1.29 is 12.8 Å². The van der Waals surface area contributed by atoms with Crippen LogP contribution in [0.4, 0.5) is 9.52 Å². The number of halogens is 4. The second-order valence-electron chi connectivity index (χ2n) is 6.61. The van der Waals surface area contributed by atoms with Gasteiger partial charge in [0.2, 0.25) is 10.0 Å². The van der Waals surface area contributed by atoms with E-state index >= 15 is 0 Å². The zero-order valence-electron chi connectivity index (χ0n) is 15.4. The lowest BCUT2D eigenvalue weighted by atomic mass is 10.2. The van der Waals surface area contributed by atoms with Crippen molar-refractivity contribution in [3.05, 3.63) is 62.7 Å². The molecule has 0 N–H and O–H groups in total. The Kier molecular flexibility index (Phi) is 6.25. The van der Waals surface area contributed by atoms with Crippen LogP contribution in [0.2, 0.25) is 15.1 Å². The molecule has 30 heavy (non-hydrogen) atoms. The third kappa shape index (κ3) is 4.30. The predicted molar refractivity (Wildman–Crippen MR) is 120 cm³/mol. The van der Waals surface area contributed by atoms with Gasteiger partial charge < -0.3 is 4.90 Å². The van der Waals surface area contributed by atoms with Crippen LogP contribution in [0, 0.1) is 5.82 Å². The molecule has 1 aromatic heterocycles. The number of hydrogen-bond donors (Lipinski definition) is 0. The van der Waals surface area contributed by atoms with Crippen LogP contribution in [0.1, 0.15) is 0 Å². The summed E-state index contributed by atoms with van der Waals surface area (Å²) in [6.07, 6.45) is 0. The number of rotatable bonds is 4. The van der Waals surface area contributed by atoms with Crippen molar-refractivity contribution in [1.29, 1.82) is 0 Å². The first-order chi connectivity index (χ1) is 14.3. The van der Waals surface area contributed by atoms with Crippen LogP contribution in [0.25, 0.3) is 11.3 Å². The molecule has 4 rings (SSSR count). The maximum absolute atomic E-state index is 13.4. The van der Waals surface area contributed by atoms with Crippen molar-refractivity contribution in [2.75, 3.05) is 31.1 Å². The maximum Gasteiger partial charge on any atom is 0.243 e. The largest absolute Gasteiger partial charge is 0.345 e. The van der Waals surface area contributed by atoms with E-state index < -0.39 is 15.8 Å². The van der Waals surface area contributed by atoms with E-state index in [4.69, 9.17) is 34.8 Å². The first-order valence-electron chi connectivity index (χ1n) is 8.87. The molecule has 2 heterocycles. The SMILES string of the molecule is O=S(=O)(c1ccc(Cl)c(Cl)c1)N1CCN(c2nc(-c3ccc(F)c(Cl)c3)cs2)CC1. The highest BCUT2D eigenvalue weighted by molar-refractivity contribution is 7.89. The summed E-state index contributed by atoms with van der Waals surface area (Å²) in [6, 6.07) is 8.78. The molecule has 158 valence electrons. The van der Waals surface area contributed by atoms with Gasteiger partial charge in [0.15, 0.2) is 5.13 Å². The summed E-state index contributed by atoms with van der Waals surface area (Å²) in [5.41, 5.74) is 1.42. The van der Waals surface area contributed by atoms with Crippen molar-refractivity contribution in [1.82, 2.24) is 9.29 Å². The second-order valence-corrected chi connectivity index (χ2v) is 10.6. The third-order valence-corrected chi connectivity index (χ3v) is 8.57. The molecule has 1 aliphatic rings. The Hall–Kier alpha value is -1.42. The van der Waals surface area contributed by atoms with E-state index in [1.54, 1.807) is 6.07 Å². The fraction of sp³-hybridized carbons (Fsp3) is 0.211. The second kappa shape index (κ2) is 8.61. The van der Waals surface area contributed by atoms with Crippen molar-refractivity contribution >= 4 is 61.3 Å². The zero-order chi connectivity index (χ0) is 21.5. The molecule has 0 spiro atoms. The fourth-order valence-corrected chi connectivity index (χ4v) is 5.98. The van der Waals surface area contributed by atoms with Crippen molar-refractivity contribution in [3.63, 3.8) is 0 Å². The number of piperazine rings is 1. The molecule has 3 aromatic rings. The summed E-state index contributed by atoms with van der Waals surface area (Å²) < 4.78 is 40.6. The number of nitrogens with zero attached hydrogens (tertiary/aromatic N) is 3. The van der Waals surface area contributed by atoms with Crippen LogP contribution < -0.4 is 4.90 Å². The zero-order valence-corrected chi connectivity index (χ0v) is 19.3. The normalized spacial score (nSPS) is 15.5. The van der Waals surface area contributed by atoms with Crippen LogP contribution in [-0.2, 0) is 10.0 Å². The van der Waals surface area contributed by atoms with E-state index in [-0.39, 0.29) is 14.9 Å². The first-order valence-corrected chi connectivity index (χ1v) is 12.3. The average Bonchev–Trinajstić information content (AvgIpc) is 3.22. The van der Waals surface area contributed by atoms with Gasteiger partial charge in [-0.2, -0.15) is 4.31 Å². The van der Waals surface area contributed by atoms with E-state index in [1.165, 1.54) is 46.0 Å². The molecular formula is C19H15Cl3FN3O2S2. The molecule has 0 bridgehead atoms. The Morgan fingerprint density at radius 1 is 0.933 bits per heavy atom. The monoisotopic (exact) mass is 505 g/mol. The summed E-state index contributed by atoms with van der Waals surface area (Å²) >= 11 is 19.2. The molecule has 0 aliphatic carbocycles. The summed E-state index contributed by atoms with van der Waals surface area (Å²) in [4.78, 5) is 6.75. The minimum Gasteiger partial charge on any atom is -0.345 e. The molecule has 0 radical (unpaired) electrons. The predicted octanol–water partition coefficient (Wildman–Crippen LogP) is 5.42. The van der Waals surface area contributed by atoms with Gasteiger partial charge >= 0.3 is 0 Å². The Bertz CT molecular complexity index is 1200. The minimum absolute atomic E-state index is 0.0446. The molecule has 2 aromatic carbocycles. The van der Waals surface area contributed by atoms with Gasteiger partial charge in [-0.1, -0.05) is 34.8 Å². The quantitative estimate of drug-likeness (QED) is 0.474. The number of aromatic nitrogens is 1. The molecule has 0 atom stereocenters. The van der Waals surface area contributed by atoms with Crippen LogP contribution in [0.3, 0.4) is 0 Å². The average molecular weight is 507 g/mol. The van der Waals surface area contributed by atoms with Gasteiger partial charge in [0, 0.05) is 37.1 Å². The van der Waals surface area contributed by atoms with Crippen LogP contribution in [-0.4, -0.2) is 43.9 Å². The highest BCUT2D eigenvalue weighted by Crippen LogP contribution is 2.31. The Labute approximate surface area is 192 Å². The smallest absolute Gasteiger partial charge is 0.243 e. The van der Waals surface area contributed by atoms with Crippen molar-refractivity contribution in [2.45, 2.75) is 4.90 Å². The van der Waals surface area contributed by atoms with Crippen molar-refractivity contribution in [2.24, 2.45) is 0 Å². The van der Waals surface area contributed by atoms with E-state index in [0.717, 1.165) is 10.7 Å². The Morgan fingerprint density at radius 2 is 1.67 bits per heavy atom. The summed E-state index contributed by atoms with van der Waals surface area (Å²) in [5, 5.41) is 3.20. The minimum atomic E-state index is -3.66. The molecule has 11 heteroatoms. The Balaban J connectivity index is 1.46. The lowest BCUT2D eigenvalue weighted by molar-refractivity contribution is 0.385. The van der Waals surface area contributed by atoms with Crippen LogP contribution in [0.5, 0.6) is 0 Å². The summed E-state index contributed by atoms with van der Waals surface area (Å²) in [5.74, 6) is -0.477. The third-order valence-electron chi connectivity index (χ3n) is 4.75. The number of anilines is 1. The first kappa shape index (κ1) is 21.8. The lowest BCUT2D eigenvalue weighted by Crippen LogP contribution is -2.48. The van der Waals surface area contributed by atoms with Crippen LogP contribution >= 0.6 is 46.1 Å². The van der Waals surface area contributed by atoms with Gasteiger partial charge in [-0.15, -0.1) is 11.3 Å². The number of thiazole rings is 1. The highest BCUT2D eigenvalue weighted by Gasteiger charge is 2.29. The van der Waals surface area contributed by atoms with Gasteiger partial charge in [0.1, 0.15) is 5.82 Å². The maximum atomic E-state index is 13.4. The Morgan fingerprint density at radius 3 is 2.33 bits per heavy atom. The molecule has 1 saturated heterocycles. The molecular weight excluding hydrogens is 492 g/mol. The molecule has 0 amide bonds. The molecule has 5 nitrogen and oxygen atoms in total. The van der Waals surface area contributed by atoms with E-state index in [0.29, 0.717) is 36.9 Å². The number of sulfonamides is 1. The van der Waals surface area contributed by atoms with E-state index in [1.807, 2.05) is 10.3 Å². The number of hydrogen-bond acceptors (Lipinski definition) is 5. The summed E-state index contributed by atoms with van der Waals surface area (Å²) in [6.45, 7) is 1.63. The van der Waals surface area contributed by atoms with E-state index in [9.17, 15) is 12.8 Å². The topological polar surface area (TPSA) is 53.5 Å². The lowest BCUT2D eigenvalue weighted by Gasteiger charge is -2.33. The van der Waals surface area contributed by atoms with Gasteiger partial charge in [-0.25, -0.2) is 17.8 Å². The molecule has 1 aliphatic heterocycles. The van der Waals surface area contributed by atoms with Gasteiger partial charge in [0.25, 0.3) is 0 Å². The summed E-state index contributed by atoms with van der Waals surface area (Å²) in [7, 11) is -3.66. The fourth-order valence-electron chi connectivity index (χ4n) is 3.10. The molecule has 0 saturated carbocycles. The van der Waals surface area contributed by atoms with Gasteiger partial charge in [-0.3, -0.25) is 0 Å². The molecule has 0 unspecified atom stereocenters. The molecule has 1 fully saturated rings. The van der Waals surface area contributed by atoms with Gasteiger partial charge in [-0.05, 0) is 36.4 Å². The standard InChI is InChI=1S/C19H15Cl3FN3O2S2/c20-14-3-2-13(10-15(14)21)30(27,28)26-7-5-25(6-8-26)19-24-18(11-29-19)12-1-4-17(23)16(22)9-12/h1-4,9-11H,5-8H2.